The van der Waals surface area contributed by atoms with Crippen molar-refractivity contribution in [1.82, 2.24) is 5.32 Å². The molecule has 1 aromatic carbocycles. The Morgan fingerprint density at radius 3 is 2.95 bits per heavy atom. The quantitative estimate of drug-likeness (QED) is 0.665. The molecule has 0 saturated carbocycles. The van der Waals surface area contributed by atoms with Gasteiger partial charge in [0.1, 0.15) is 5.75 Å². The van der Waals surface area contributed by atoms with Crippen LogP contribution in [0, 0.1) is 10.1 Å². The predicted molar refractivity (Wildman–Crippen MR) is 76.6 cm³/mol. The summed E-state index contributed by atoms with van der Waals surface area (Å²) in [5.74, 6) is 0.539. The first-order chi connectivity index (χ1) is 9.15. The lowest BCUT2D eigenvalue weighted by molar-refractivity contribution is -0.385. The fourth-order valence-electron chi connectivity index (χ4n) is 2.23. The molecule has 1 heterocycles. The molecule has 6 heteroatoms. The molecule has 1 aromatic rings. The molecule has 5 nitrogen and oxygen atoms in total. The number of rotatable bonds is 5. The zero-order chi connectivity index (χ0) is 13.7. The van der Waals surface area contributed by atoms with E-state index >= 15 is 0 Å². The van der Waals surface area contributed by atoms with Crippen molar-refractivity contribution in [3.8, 4) is 5.75 Å². The molecule has 1 fully saturated rings. The highest BCUT2D eigenvalue weighted by atomic mass is 79.9. The lowest BCUT2D eigenvalue weighted by atomic mass is 10.0. The first-order valence-corrected chi connectivity index (χ1v) is 7.25. The third kappa shape index (κ3) is 4.47. The summed E-state index contributed by atoms with van der Waals surface area (Å²) in [7, 11) is 0. The molecule has 1 N–H and O–H groups in total. The second kappa shape index (κ2) is 6.86. The molecule has 1 atom stereocenters. The Labute approximate surface area is 120 Å². The van der Waals surface area contributed by atoms with E-state index in [1.54, 1.807) is 6.07 Å². The van der Waals surface area contributed by atoms with E-state index < -0.39 is 4.92 Å². The maximum Gasteiger partial charge on any atom is 0.274 e. The molecule has 104 valence electrons. The number of nitrogens with zero attached hydrogens (tertiary/aromatic N) is 1. The largest absolute Gasteiger partial charge is 0.493 e. The second-order valence-electron chi connectivity index (χ2n) is 4.69. The Balaban J connectivity index is 1.86. The molecule has 0 aromatic heterocycles. The van der Waals surface area contributed by atoms with E-state index in [0.717, 1.165) is 13.0 Å². The predicted octanol–water partition coefficient (Wildman–Crippen LogP) is 3.27. The number of halogens is 1. The van der Waals surface area contributed by atoms with Crippen LogP contribution in [0.15, 0.2) is 22.7 Å². The van der Waals surface area contributed by atoms with Gasteiger partial charge in [-0.05, 0) is 31.9 Å². The summed E-state index contributed by atoms with van der Waals surface area (Å²) in [4.78, 5) is 10.3. The fraction of sp³-hybridized carbons (Fsp3) is 0.538. The molecule has 0 spiro atoms. The lowest BCUT2D eigenvalue weighted by Crippen LogP contribution is -2.35. The van der Waals surface area contributed by atoms with Crippen LogP contribution in [0.4, 0.5) is 5.69 Å². The molecule has 1 unspecified atom stereocenters. The Kier molecular flexibility index (Phi) is 5.15. The zero-order valence-corrected chi connectivity index (χ0v) is 12.2. The molecule has 0 aliphatic carbocycles. The van der Waals surface area contributed by atoms with E-state index in [1.807, 2.05) is 0 Å². The monoisotopic (exact) mass is 328 g/mol. The topological polar surface area (TPSA) is 64.4 Å². The molecule has 19 heavy (non-hydrogen) atoms. The SMILES string of the molecule is O=[N+]([O-])c1cc(Br)cc(OCCC2CCCCN2)c1. The van der Waals surface area contributed by atoms with Crippen molar-refractivity contribution in [2.45, 2.75) is 31.7 Å². The highest BCUT2D eigenvalue weighted by Crippen LogP contribution is 2.26. The summed E-state index contributed by atoms with van der Waals surface area (Å²) in [6.45, 7) is 1.65. The number of nitro groups is 1. The zero-order valence-electron chi connectivity index (χ0n) is 10.6. The average Bonchev–Trinajstić information content (AvgIpc) is 2.39. The number of non-ortho nitro benzene ring substituents is 1. The van der Waals surface area contributed by atoms with Gasteiger partial charge in [0.25, 0.3) is 5.69 Å². The van der Waals surface area contributed by atoms with Crippen molar-refractivity contribution < 1.29 is 9.66 Å². The standard InChI is InChI=1S/C13H17BrN2O3/c14-10-7-12(16(17)18)9-13(8-10)19-6-4-11-3-1-2-5-15-11/h7-9,11,15H,1-6H2. The highest BCUT2D eigenvalue weighted by molar-refractivity contribution is 9.10. The lowest BCUT2D eigenvalue weighted by Gasteiger charge is -2.23. The van der Waals surface area contributed by atoms with E-state index in [-0.39, 0.29) is 5.69 Å². The van der Waals surface area contributed by atoms with Crippen LogP contribution < -0.4 is 10.1 Å². The maximum atomic E-state index is 10.7. The Morgan fingerprint density at radius 1 is 1.42 bits per heavy atom. The maximum absolute atomic E-state index is 10.7. The van der Waals surface area contributed by atoms with Gasteiger partial charge >= 0.3 is 0 Å². The van der Waals surface area contributed by atoms with Gasteiger partial charge in [-0.15, -0.1) is 0 Å². The molecule has 1 aliphatic heterocycles. The first-order valence-electron chi connectivity index (χ1n) is 6.46. The number of ether oxygens (including phenoxy) is 1. The molecule has 1 saturated heterocycles. The number of nitrogens with one attached hydrogen (secondary N) is 1. The van der Waals surface area contributed by atoms with Gasteiger partial charge in [0, 0.05) is 16.6 Å². The van der Waals surface area contributed by atoms with E-state index in [2.05, 4.69) is 21.2 Å². The van der Waals surface area contributed by atoms with E-state index in [1.165, 1.54) is 31.4 Å². The summed E-state index contributed by atoms with van der Waals surface area (Å²) in [5, 5.41) is 14.2. The Bertz CT molecular complexity index is 448. The average molecular weight is 329 g/mol. The van der Waals surface area contributed by atoms with Crippen LogP contribution in [0.2, 0.25) is 0 Å². The van der Waals surface area contributed by atoms with Crippen molar-refractivity contribution in [3.63, 3.8) is 0 Å². The van der Waals surface area contributed by atoms with Crippen molar-refractivity contribution in [2.24, 2.45) is 0 Å². The van der Waals surface area contributed by atoms with Gasteiger partial charge in [-0.25, -0.2) is 0 Å². The summed E-state index contributed by atoms with van der Waals surface area (Å²) < 4.78 is 6.27. The molecular weight excluding hydrogens is 312 g/mol. The summed E-state index contributed by atoms with van der Waals surface area (Å²) in [5.41, 5.74) is 0.0418. The molecule has 2 rings (SSSR count). The minimum Gasteiger partial charge on any atom is -0.493 e. The number of piperidine rings is 1. The van der Waals surface area contributed by atoms with Gasteiger partial charge < -0.3 is 10.1 Å². The van der Waals surface area contributed by atoms with Crippen LogP contribution in [0.3, 0.4) is 0 Å². The summed E-state index contributed by atoms with van der Waals surface area (Å²) in [6.07, 6.45) is 4.62. The third-order valence-electron chi connectivity index (χ3n) is 3.21. The Hall–Kier alpha value is -1.14. The fourth-order valence-corrected chi connectivity index (χ4v) is 2.69. The van der Waals surface area contributed by atoms with Crippen LogP contribution >= 0.6 is 15.9 Å². The van der Waals surface area contributed by atoms with Gasteiger partial charge in [0.15, 0.2) is 0 Å². The molecule has 0 amide bonds. The number of benzene rings is 1. The van der Waals surface area contributed by atoms with Crippen LogP contribution in [-0.2, 0) is 0 Å². The van der Waals surface area contributed by atoms with E-state index in [0.29, 0.717) is 22.9 Å². The van der Waals surface area contributed by atoms with E-state index in [9.17, 15) is 10.1 Å². The van der Waals surface area contributed by atoms with Crippen molar-refractivity contribution in [2.75, 3.05) is 13.2 Å². The van der Waals surface area contributed by atoms with E-state index in [4.69, 9.17) is 4.74 Å². The highest BCUT2D eigenvalue weighted by Gasteiger charge is 2.13. The number of nitro benzene ring substituents is 1. The van der Waals surface area contributed by atoms with Gasteiger partial charge in [-0.3, -0.25) is 10.1 Å². The summed E-state index contributed by atoms with van der Waals surface area (Å²) >= 11 is 3.25. The molecule has 1 aliphatic rings. The van der Waals surface area contributed by atoms with Crippen LogP contribution in [0.25, 0.3) is 0 Å². The summed E-state index contributed by atoms with van der Waals surface area (Å²) in [6, 6.07) is 5.19. The van der Waals surface area contributed by atoms with Crippen molar-refractivity contribution in [3.05, 3.63) is 32.8 Å². The van der Waals surface area contributed by atoms with Gasteiger partial charge in [0.05, 0.1) is 17.6 Å². The normalized spacial score (nSPS) is 19.1. The van der Waals surface area contributed by atoms with Gasteiger partial charge in [-0.1, -0.05) is 22.4 Å². The minimum absolute atomic E-state index is 0.0418. The minimum atomic E-state index is -0.416. The number of hydrogen-bond acceptors (Lipinski definition) is 4. The van der Waals surface area contributed by atoms with Crippen LogP contribution in [0.5, 0.6) is 5.75 Å². The molecular formula is C13H17BrN2O3. The molecule has 0 radical (unpaired) electrons. The van der Waals surface area contributed by atoms with Crippen molar-refractivity contribution in [1.29, 1.82) is 0 Å². The second-order valence-corrected chi connectivity index (χ2v) is 5.60. The van der Waals surface area contributed by atoms with Crippen LogP contribution in [0.1, 0.15) is 25.7 Å². The van der Waals surface area contributed by atoms with Gasteiger partial charge in [0.2, 0.25) is 0 Å². The van der Waals surface area contributed by atoms with Gasteiger partial charge in [-0.2, -0.15) is 0 Å². The molecule has 0 bridgehead atoms. The smallest absolute Gasteiger partial charge is 0.274 e. The van der Waals surface area contributed by atoms with Crippen LogP contribution in [-0.4, -0.2) is 24.1 Å². The number of hydrogen-bond donors (Lipinski definition) is 1. The third-order valence-corrected chi connectivity index (χ3v) is 3.67. The first kappa shape index (κ1) is 14.3. The van der Waals surface area contributed by atoms with Crippen molar-refractivity contribution >= 4 is 21.6 Å². The Morgan fingerprint density at radius 2 is 2.26 bits per heavy atom.